The van der Waals surface area contributed by atoms with Crippen molar-refractivity contribution in [2.45, 2.75) is 77.0 Å². The summed E-state index contributed by atoms with van der Waals surface area (Å²) in [6, 6.07) is 4.08. The van der Waals surface area contributed by atoms with Crippen LogP contribution in [0.25, 0.3) is 0 Å². The highest BCUT2D eigenvalue weighted by atomic mass is 35.5. The van der Waals surface area contributed by atoms with Gasteiger partial charge in [0.15, 0.2) is 0 Å². The van der Waals surface area contributed by atoms with E-state index >= 15 is 0 Å². The quantitative estimate of drug-likeness (QED) is 0.645. The lowest BCUT2D eigenvalue weighted by molar-refractivity contribution is 0.00578. The summed E-state index contributed by atoms with van der Waals surface area (Å²) in [7, 11) is -0.430. The molecule has 1 aliphatic heterocycles. The molecule has 0 aliphatic carbocycles. The van der Waals surface area contributed by atoms with Crippen LogP contribution in [0.5, 0.6) is 0 Å². The lowest BCUT2D eigenvalue weighted by atomic mass is 9.78. The maximum Gasteiger partial charge on any atom is 0.496 e. The van der Waals surface area contributed by atoms with E-state index in [9.17, 15) is 0 Å². The maximum atomic E-state index is 6.61. The summed E-state index contributed by atoms with van der Waals surface area (Å²) in [5.74, 6) is 0. The number of benzene rings is 1. The van der Waals surface area contributed by atoms with Crippen molar-refractivity contribution in [1.29, 1.82) is 0 Å². The summed E-state index contributed by atoms with van der Waals surface area (Å²) >= 11 is 8.22. The van der Waals surface area contributed by atoms with E-state index in [1.165, 1.54) is 0 Å². The standard InChI is InChI=1S/C17H27BClNO2S/c1-11-13(23-20-15(2,3)4)10-9-12(14(11)19)18-21-16(5,6)17(7,8)22-18/h9-10,20H,1-8H3. The molecular weight excluding hydrogens is 329 g/mol. The van der Waals surface area contributed by atoms with Gasteiger partial charge in [0.1, 0.15) is 0 Å². The first-order valence-electron chi connectivity index (χ1n) is 7.93. The van der Waals surface area contributed by atoms with E-state index in [1.807, 2.05) is 40.7 Å². The highest BCUT2D eigenvalue weighted by molar-refractivity contribution is 7.97. The van der Waals surface area contributed by atoms with E-state index in [0.29, 0.717) is 5.02 Å². The molecule has 23 heavy (non-hydrogen) atoms. The van der Waals surface area contributed by atoms with Crippen LogP contribution in [-0.2, 0) is 9.31 Å². The van der Waals surface area contributed by atoms with Crippen molar-refractivity contribution in [2.75, 3.05) is 0 Å². The Balaban J connectivity index is 2.25. The monoisotopic (exact) mass is 355 g/mol. The molecule has 3 nitrogen and oxygen atoms in total. The Bertz CT molecular complexity index is 583. The van der Waals surface area contributed by atoms with E-state index in [-0.39, 0.29) is 16.7 Å². The second-order valence-corrected chi connectivity index (χ2v) is 9.36. The first-order chi connectivity index (χ1) is 10.3. The Hall–Kier alpha value is -0.195. The molecule has 0 amide bonds. The zero-order valence-electron chi connectivity index (χ0n) is 15.3. The largest absolute Gasteiger partial charge is 0.496 e. The fourth-order valence-electron chi connectivity index (χ4n) is 2.16. The average Bonchev–Trinajstić information content (AvgIpc) is 2.59. The van der Waals surface area contributed by atoms with Crippen molar-refractivity contribution in [3.8, 4) is 0 Å². The first kappa shape index (κ1) is 19.1. The van der Waals surface area contributed by atoms with Gasteiger partial charge in [-0.15, -0.1) is 0 Å². The van der Waals surface area contributed by atoms with Crippen LogP contribution in [0.4, 0.5) is 0 Å². The Morgan fingerprint density at radius 2 is 1.61 bits per heavy atom. The normalized spacial score (nSPS) is 20.1. The van der Waals surface area contributed by atoms with Crippen LogP contribution in [0.3, 0.4) is 0 Å². The van der Waals surface area contributed by atoms with Crippen molar-refractivity contribution in [3.05, 3.63) is 22.7 Å². The number of nitrogens with one attached hydrogen (secondary N) is 1. The zero-order valence-corrected chi connectivity index (χ0v) is 16.9. The molecule has 6 heteroatoms. The summed E-state index contributed by atoms with van der Waals surface area (Å²) < 4.78 is 15.6. The molecule has 1 aromatic rings. The zero-order chi connectivity index (χ0) is 17.6. The Morgan fingerprint density at radius 3 is 2.09 bits per heavy atom. The molecule has 1 aromatic carbocycles. The summed E-state index contributed by atoms with van der Waals surface area (Å²) in [4.78, 5) is 1.12. The minimum Gasteiger partial charge on any atom is -0.399 e. The van der Waals surface area contributed by atoms with Gasteiger partial charge in [0, 0.05) is 20.9 Å². The molecule has 1 fully saturated rings. The molecule has 0 saturated carbocycles. The lowest BCUT2D eigenvalue weighted by Gasteiger charge is -2.32. The van der Waals surface area contributed by atoms with Crippen LogP contribution in [0.1, 0.15) is 54.0 Å². The van der Waals surface area contributed by atoms with Crippen molar-refractivity contribution in [2.24, 2.45) is 0 Å². The van der Waals surface area contributed by atoms with Crippen LogP contribution in [0, 0.1) is 6.92 Å². The molecule has 1 N–H and O–H groups in total. The number of hydrogen-bond acceptors (Lipinski definition) is 4. The van der Waals surface area contributed by atoms with Crippen LogP contribution in [0.2, 0.25) is 5.02 Å². The minimum absolute atomic E-state index is 0.0357. The predicted octanol–water partition coefficient (Wildman–Crippen LogP) is 4.34. The third kappa shape index (κ3) is 4.08. The fourth-order valence-corrected chi connectivity index (χ4v) is 3.28. The smallest absolute Gasteiger partial charge is 0.399 e. The van der Waals surface area contributed by atoms with Gasteiger partial charge in [0.2, 0.25) is 0 Å². The molecule has 128 valence electrons. The summed E-state index contributed by atoms with van der Waals surface area (Å²) in [6.07, 6.45) is 0. The highest BCUT2D eigenvalue weighted by Crippen LogP contribution is 2.37. The van der Waals surface area contributed by atoms with E-state index in [1.54, 1.807) is 11.9 Å². The molecule has 0 aromatic heterocycles. The molecule has 1 saturated heterocycles. The molecule has 0 unspecified atom stereocenters. The van der Waals surface area contributed by atoms with Crippen molar-refractivity contribution in [3.63, 3.8) is 0 Å². The van der Waals surface area contributed by atoms with Gasteiger partial charge in [-0.3, -0.25) is 4.72 Å². The molecule has 0 radical (unpaired) electrons. The molecular formula is C17H27BClNO2S. The molecule has 0 bridgehead atoms. The molecule has 0 atom stereocenters. The highest BCUT2D eigenvalue weighted by Gasteiger charge is 2.52. The van der Waals surface area contributed by atoms with Gasteiger partial charge in [-0.2, -0.15) is 0 Å². The van der Waals surface area contributed by atoms with Crippen LogP contribution in [-0.4, -0.2) is 23.9 Å². The van der Waals surface area contributed by atoms with Gasteiger partial charge >= 0.3 is 7.12 Å². The second kappa shape index (κ2) is 6.27. The van der Waals surface area contributed by atoms with Gasteiger partial charge in [-0.25, -0.2) is 0 Å². The molecule has 1 aliphatic rings. The topological polar surface area (TPSA) is 30.5 Å². The Kier molecular flexibility index (Phi) is 5.21. The summed E-state index contributed by atoms with van der Waals surface area (Å²) in [5.41, 5.74) is 1.24. The lowest BCUT2D eigenvalue weighted by Crippen LogP contribution is -2.41. The fraction of sp³-hybridized carbons (Fsp3) is 0.647. The predicted molar refractivity (Wildman–Crippen MR) is 101 cm³/mol. The summed E-state index contributed by atoms with van der Waals surface area (Å²) in [5, 5.41) is 0.712. The van der Waals surface area contributed by atoms with E-state index in [4.69, 9.17) is 20.9 Å². The van der Waals surface area contributed by atoms with Crippen molar-refractivity contribution < 1.29 is 9.31 Å². The number of halogens is 1. The number of hydrogen-bond donors (Lipinski definition) is 1. The van der Waals surface area contributed by atoms with Gasteiger partial charge in [0.25, 0.3) is 0 Å². The van der Waals surface area contributed by atoms with E-state index < -0.39 is 7.12 Å². The third-order valence-corrected chi connectivity index (χ3v) is 6.22. The Labute approximate surface area is 150 Å². The second-order valence-electron chi connectivity index (χ2n) is 8.13. The third-order valence-electron chi connectivity index (χ3n) is 4.34. The van der Waals surface area contributed by atoms with Crippen LogP contribution in [0.15, 0.2) is 17.0 Å². The molecule has 0 spiro atoms. The van der Waals surface area contributed by atoms with Gasteiger partial charge < -0.3 is 9.31 Å². The Morgan fingerprint density at radius 1 is 1.09 bits per heavy atom. The minimum atomic E-state index is -0.430. The van der Waals surface area contributed by atoms with Gasteiger partial charge in [0.05, 0.1) is 11.2 Å². The van der Waals surface area contributed by atoms with Crippen LogP contribution >= 0.6 is 23.5 Å². The van der Waals surface area contributed by atoms with Crippen molar-refractivity contribution in [1.82, 2.24) is 4.72 Å². The average molecular weight is 356 g/mol. The van der Waals surface area contributed by atoms with E-state index in [2.05, 4.69) is 31.6 Å². The molecule has 1 heterocycles. The van der Waals surface area contributed by atoms with Crippen molar-refractivity contribution >= 4 is 36.1 Å². The SMILES string of the molecule is Cc1c(SNC(C)(C)C)ccc(B2OC(C)(C)C(C)(C)O2)c1Cl. The van der Waals surface area contributed by atoms with Crippen LogP contribution < -0.4 is 10.2 Å². The van der Waals surface area contributed by atoms with E-state index in [0.717, 1.165) is 15.9 Å². The number of rotatable bonds is 3. The summed E-state index contributed by atoms with van der Waals surface area (Å²) in [6.45, 7) is 16.6. The molecule has 2 rings (SSSR count). The van der Waals surface area contributed by atoms with Gasteiger partial charge in [-0.05, 0) is 79.0 Å². The van der Waals surface area contributed by atoms with Gasteiger partial charge in [-0.1, -0.05) is 17.7 Å². The maximum absolute atomic E-state index is 6.61. The first-order valence-corrected chi connectivity index (χ1v) is 9.12.